The Morgan fingerprint density at radius 3 is 1.59 bits per heavy atom. The molecule has 0 spiro atoms. The molecular formula is C61H42N2S. The Kier molecular flexibility index (Phi) is 9.06. The number of rotatable bonds is 7. The van der Waals surface area contributed by atoms with Gasteiger partial charge in [-0.25, -0.2) is 9.97 Å². The number of hydrogen-bond acceptors (Lipinski definition) is 3. The first-order valence-electron chi connectivity index (χ1n) is 22.0. The van der Waals surface area contributed by atoms with Crippen molar-refractivity contribution in [2.45, 2.75) is 19.3 Å². The molecule has 2 nitrogen and oxygen atoms in total. The first-order chi connectivity index (χ1) is 31.4. The van der Waals surface area contributed by atoms with E-state index < -0.39 is 0 Å². The Morgan fingerprint density at radius 1 is 0.312 bits per heavy atom. The molecule has 9 aromatic carbocycles. The smallest absolute Gasteiger partial charge is 0.160 e. The number of nitrogens with zero attached hydrogens (tertiary/aromatic N) is 2. The first-order valence-corrected chi connectivity index (χ1v) is 22.8. The molecule has 0 fully saturated rings. The molecule has 0 atom stereocenters. The molecule has 1 aliphatic rings. The van der Waals surface area contributed by atoms with Gasteiger partial charge in [0.2, 0.25) is 0 Å². The standard InChI is InChI=1S/C61H42N2S/c1-61(2)54-25-11-9-23-50(54)51-29-27-45(37-55(51)61)42-20-14-22-46(32-42)56-38-57(63-60(62-56)40-17-7-4-8-18-40)49-34-47(43-21-13-19-41(31-43)39-15-5-3-6-16-39)33-48(35-49)44-28-30-59-53(36-44)52-24-10-12-26-58(52)64-59/h3-38H,1-2H3. The van der Waals surface area contributed by atoms with Crippen LogP contribution in [0.5, 0.6) is 0 Å². The zero-order chi connectivity index (χ0) is 42.8. The predicted molar refractivity (Wildman–Crippen MR) is 271 cm³/mol. The zero-order valence-corrected chi connectivity index (χ0v) is 36.4. The van der Waals surface area contributed by atoms with Gasteiger partial charge in [-0.1, -0.05) is 172 Å². The molecular weight excluding hydrogens is 793 g/mol. The number of fused-ring (bicyclic) bond motifs is 6. The molecule has 0 bridgehead atoms. The van der Waals surface area contributed by atoms with Gasteiger partial charge in [0.05, 0.1) is 11.4 Å². The summed E-state index contributed by atoms with van der Waals surface area (Å²) in [5.41, 5.74) is 19.5. The second kappa shape index (κ2) is 15.3. The lowest BCUT2D eigenvalue weighted by Crippen LogP contribution is -2.14. The van der Waals surface area contributed by atoms with Gasteiger partial charge in [0.1, 0.15) is 0 Å². The van der Waals surface area contributed by atoms with Crippen molar-refractivity contribution in [1.82, 2.24) is 9.97 Å². The highest BCUT2D eigenvalue weighted by molar-refractivity contribution is 7.25. The van der Waals surface area contributed by atoms with E-state index in [9.17, 15) is 0 Å². The van der Waals surface area contributed by atoms with Crippen molar-refractivity contribution in [3.63, 3.8) is 0 Å². The third kappa shape index (κ3) is 6.64. The van der Waals surface area contributed by atoms with E-state index in [1.54, 1.807) is 0 Å². The van der Waals surface area contributed by atoms with Gasteiger partial charge >= 0.3 is 0 Å². The Hall–Kier alpha value is -7.72. The third-order valence-corrected chi connectivity index (χ3v) is 14.2. The van der Waals surface area contributed by atoms with Crippen molar-refractivity contribution in [2.75, 3.05) is 0 Å². The van der Waals surface area contributed by atoms with Crippen LogP contribution < -0.4 is 0 Å². The molecule has 0 radical (unpaired) electrons. The van der Waals surface area contributed by atoms with E-state index in [2.05, 4.69) is 226 Å². The molecule has 0 unspecified atom stereocenters. The minimum Gasteiger partial charge on any atom is -0.228 e. The molecule has 0 aliphatic heterocycles. The molecule has 0 N–H and O–H groups in total. The maximum atomic E-state index is 5.36. The lowest BCUT2D eigenvalue weighted by atomic mass is 9.81. The molecule has 3 heteroatoms. The topological polar surface area (TPSA) is 25.8 Å². The van der Waals surface area contributed by atoms with Crippen LogP contribution in [0.2, 0.25) is 0 Å². The monoisotopic (exact) mass is 834 g/mol. The molecule has 0 amide bonds. The van der Waals surface area contributed by atoms with Gasteiger partial charge in [-0.3, -0.25) is 0 Å². The minimum atomic E-state index is -0.0782. The Balaban J connectivity index is 1.02. The van der Waals surface area contributed by atoms with Crippen LogP contribution in [-0.2, 0) is 5.41 Å². The second-order valence-corrected chi connectivity index (χ2v) is 18.5. The van der Waals surface area contributed by atoms with E-state index >= 15 is 0 Å². The van der Waals surface area contributed by atoms with E-state index in [1.165, 1.54) is 64.7 Å². The highest BCUT2D eigenvalue weighted by Crippen LogP contribution is 2.50. The van der Waals surface area contributed by atoms with Gasteiger partial charge in [-0.2, -0.15) is 0 Å². The molecule has 12 rings (SSSR count). The molecule has 0 saturated heterocycles. The Morgan fingerprint density at radius 2 is 0.812 bits per heavy atom. The fourth-order valence-corrected chi connectivity index (χ4v) is 10.8. The highest BCUT2D eigenvalue weighted by Gasteiger charge is 2.35. The Labute approximate surface area is 377 Å². The summed E-state index contributed by atoms with van der Waals surface area (Å²) < 4.78 is 2.60. The largest absolute Gasteiger partial charge is 0.228 e. The summed E-state index contributed by atoms with van der Waals surface area (Å²) in [5.74, 6) is 0.694. The van der Waals surface area contributed by atoms with E-state index in [0.717, 1.165) is 50.3 Å². The van der Waals surface area contributed by atoms with Crippen LogP contribution in [0.4, 0.5) is 0 Å². The van der Waals surface area contributed by atoms with E-state index in [0.29, 0.717) is 5.82 Å². The average molecular weight is 835 g/mol. The summed E-state index contributed by atoms with van der Waals surface area (Å²) in [5, 5.41) is 2.57. The molecule has 2 heterocycles. The number of benzene rings is 9. The zero-order valence-electron chi connectivity index (χ0n) is 35.6. The minimum absolute atomic E-state index is 0.0782. The van der Waals surface area contributed by atoms with E-state index in [4.69, 9.17) is 9.97 Å². The van der Waals surface area contributed by atoms with Gasteiger partial charge in [-0.05, 0) is 127 Å². The lowest BCUT2D eigenvalue weighted by molar-refractivity contribution is 0.660. The van der Waals surface area contributed by atoms with Crippen molar-refractivity contribution >= 4 is 31.5 Å². The highest BCUT2D eigenvalue weighted by atomic mass is 32.1. The number of hydrogen-bond donors (Lipinski definition) is 0. The summed E-state index contributed by atoms with van der Waals surface area (Å²) in [6.07, 6.45) is 0. The van der Waals surface area contributed by atoms with Gasteiger partial charge in [-0.15, -0.1) is 11.3 Å². The predicted octanol–water partition coefficient (Wildman–Crippen LogP) is 16.8. The van der Waals surface area contributed by atoms with Gasteiger partial charge in [0.15, 0.2) is 5.82 Å². The van der Waals surface area contributed by atoms with Gasteiger partial charge in [0, 0.05) is 42.3 Å². The van der Waals surface area contributed by atoms with Crippen molar-refractivity contribution in [3.05, 3.63) is 230 Å². The van der Waals surface area contributed by atoms with Crippen molar-refractivity contribution in [2.24, 2.45) is 0 Å². The van der Waals surface area contributed by atoms with Gasteiger partial charge in [0.25, 0.3) is 0 Å². The molecule has 2 aromatic heterocycles. The SMILES string of the molecule is CC1(C)c2ccccc2-c2ccc(-c3cccc(-c4cc(-c5cc(-c6cccc(-c7ccccc7)c6)cc(-c6ccc7sc8ccccc8c7c6)c5)nc(-c5ccccc5)n4)c3)cc21. The number of thiophene rings is 1. The summed E-state index contributed by atoms with van der Waals surface area (Å²) in [7, 11) is 0. The van der Waals surface area contributed by atoms with Crippen molar-refractivity contribution in [1.29, 1.82) is 0 Å². The molecule has 64 heavy (non-hydrogen) atoms. The first kappa shape index (κ1) is 38.0. The van der Waals surface area contributed by atoms with Crippen LogP contribution in [0.25, 0.3) is 110 Å². The maximum absolute atomic E-state index is 5.36. The molecule has 302 valence electrons. The fraction of sp³-hybridized carbons (Fsp3) is 0.0492. The lowest BCUT2D eigenvalue weighted by Gasteiger charge is -2.22. The van der Waals surface area contributed by atoms with Crippen LogP contribution >= 0.6 is 11.3 Å². The van der Waals surface area contributed by atoms with Crippen LogP contribution in [0.15, 0.2) is 218 Å². The second-order valence-electron chi connectivity index (χ2n) is 17.4. The summed E-state index contributed by atoms with van der Waals surface area (Å²) in [6, 6.07) is 79.2. The number of aromatic nitrogens is 2. The third-order valence-electron chi connectivity index (χ3n) is 13.1. The molecule has 11 aromatic rings. The maximum Gasteiger partial charge on any atom is 0.160 e. The van der Waals surface area contributed by atoms with Crippen LogP contribution in [0.3, 0.4) is 0 Å². The van der Waals surface area contributed by atoms with Crippen molar-refractivity contribution in [3.8, 4) is 89.5 Å². The summed E-state index contributed by atoms with van der Waals surface area (Å²) in [6.45, 7) is 4.68. The van der Waals surface area contributed by atoms with Crippen LogP contribution in [0.1, 0.15) is 25.0 Å². The quantitative estimate of drug-likeness (QED) is 0.160. The van der Waals surface area contributed by atoms with Gasteiger partial charge < -0.3 is 0 Å². The van der Waals surface area contributed by atoms with Crippen LogP contribution in [-0.4, -0.2) is 9.97 Å². The average Bonchev–Trinajstić information content (AvgIpc) is 3.85. The summed E-state index contributed by atoms with van der Waals surface area (Å²) >= 11 is 1.85. The molecule has 0 saturated carbocycles. The molecule has 1 aliphatic carbocycles. The fourth-order valence-electron chi connectivity index (χ4n) is 9.72. The van der Waals surface area contributed by atoms with Crippen LogP contribution in [0, 0.1) is 0 Å². The van der Waals surface area contributed by atoms with Crippen molar-refractivity contribution < 1.29 is 0 Å². The van der Waals surface area contributed by atoms with E-state index in [-0.39, 0.29) is 5.41 Å². The normalized spacial score (nSPS) is 12.7. The summed E-state index contributed by atoms with van der Waals surface area (Å²) in [4.78, 5) is 10.7. The Bertz CT molecular complexity index is 3580. The van der Waals surface area contributed by atoms with E-state index in [1.807, 2.05) is 17.4 Å².